The van der Waals surface area contributed by atoms with Gasteiger partial charge in [0.1, 0.15) is 11.5 Å². The number of benzene rings is 2. The number of carbonyl (C=O) groups is 1. The van der Waals surface area contributed by atoms with Crippen LogP contribution in [-0.4, -0.2) is 21.0 Å². The Morgan fingerprint density at radius 3 is 2.28 bits per heavy atom. The molecule has 0 aliphatic carbocycles. The standard InChI is InChI=1S/C19H13FN2.CH2O2/c20-17-8-6-14(7-9-17)16-10-11-22-18(13-21-19(22)12-16)15-4-2-1-3-5-15;2-1-3/h1-13H;1H,(H,2,3). The molecule has 0 radical (unpaired) electrons. The second-order valence-electron chi connectivity index (χ2n) is 5.27. The molecule has 0 saturated heterocycles. The van der Waals surface area contributed by atoms with Crippen molar-refractivity contribution in [3.05, 3.63) is 84.9 Å². The van der Waals surface area contributed by atoms with E-state index in [1.54, 1.807) is 12.1 Å². The fourth-order valence-corrected chi connectivity index (χ4v) is 2.63. The van der Waals surface area contributed by atoms with E-state index in [9.17, 15) is 4.39 Å². The minimum absolute atomic E-state index is 0.225. The molecule has 0 amide bonds. The number of carboxylic acid groups (broad SMARTS) is 1. The van der Waals surface area contributed by atoms with E-state index in [0.29, 0.717) is 0 Å². The molecule has 0 atom stereocenters. The van der Waals surface area contributed by atoms with E-state index >= 15 is 0 Å². The van der Waals surface area contributed by atoms with Gasteiger partial charge in [-0.1, -0.05) is 42.5 Å². The van der Waals surface area contributed by atoms with Crippen LogP contribution in [0.3, 0.4) is 0 Å². The number of halogens is 1. The van der Waals surface area contributed by atoms with Gasteiger partial charge in [-0.2, -0.15) is 0 Å². The van der Waals surface area contributed by atoms with Crippen molar-refractivity contribution in [3.63, 3.8) is 0 Å². The maximum absolute atomic E-state index is 13.0. The van der Waals surface area contributed by atoms with E-state index in [1.165, 1.54) is 12.1 Å². The van der Waals surface area contributed by atoms with Crippen LogP contribution in [0.15, 0.2) is 79.1 Å². The van der Waals surface area contributed by atoms with Crippen LogP contribution in [0.5, 0.6) is 0 Å². The van der Waals surface area contributed by atoms with E-state index in [4.69, 9.17) is 9.90 Å². The molecule has 4 rings (SSSR count). The van der Waals surface area contributed by atoms with Crippen LogP contribution in [0.2, 0.25) is 0 Å². The zero-order chi connectivity index (χ0) is 17.6. The summed E-state index contributed by atoms with van der Waals surface area (Å²) in [5, 5.41) is 6.89. The highest BCUT2D eigenvalue weighted by atomic mass is 19.1. The molecule has 0 unspecified atom stereocenters. The molecule has 0 bridgehead atoms. The predicted molar refractivity (Wildman–Crippen MR) is 94.7 cm³/mol. The van der Waals surface area contributed by atoms with Gasteiger partial charge in [0, 0.05) is 11.8 Å². The lowest BCUT2D eigenvalue weighted by atomic mass is 10.1. The fraction of sp³-hybridized carbons (Fsp3) is 0. The SMILES string of the molecule is Fc1ccc(-c2ccn3c(-c4ccccc4)cnc3c2)cc1.O=CO. The van der Waals surface area contributed by atoms with Crippen LogP contribution in [0.25, 0.3) is 28.0 Å². The quantitative estimate of drug-likeness (QED) is 0.549. The zero-order valence-electron chi connectivity index (χ0n) is 13.2. The number of imidazole rings is 1. The summed E-state index contributed by atoms with van der Waals surface area (Å²) >= 11 is 0. The van der Waals surface area contributed by atoms with E-state index in [1.807, 2.05) is 42.7 Å². The maximum atomic E-state index is 13.0. The summed E-state index contributed by atoms with van der Waals surface area (Å²) in [6.07, 6.45) is 3.88. The molecular weight excluding hydrogens is 319 g/mol. The van der Waals surface area contributed by atoms with Crippen molar-refractivity contribution in [2.24, 2.45) is 0 Å². The predicted octanol–water partition coefficient (Wildman–Crippen LogP) is 4.51. The molecule has 0 aliphatic heterocycles. The van der Waals surface area contributed by atoms with Gasteiger partial charge in [-0.25, -0.2) is 9.37 Å². The van der Waals surface area contributed by atoms with Crippen LogP contribution in [-0.2, 0) is 4.79 Å². The molecule has 124 valence electrons. The molecule has 4 aromatic rings. The topological polar surface area (TPSA) is 54.6 Å². The monoisotopic (exact) mass is 334 g/mol. The number of fused-ring (bicyclic) bond motifs is 1. The first-order valence-corrected chi connectivity index (χ1v) is 7.59. The van der Waals surface area contributed by atoms with Gasteiger partial charge in [0.25, 0.3) is 6.47 Å². The first kappa shape index (κ1) is 16.4. The average Bonchev–Trinajstić information content (AvgIpc) is 3.07. The highest BCUT2D eigenvalue weighted by molar-refractivity contribution is 5.70. The number of rotatable bonds is 2. The molecule has 4 nitrogen and oxygen atoms in total. The van der Waals surface area contributed by atoms with Crippen LogP contribution < -0.4 is 0 Å². The minimum atomic E-state index is -0.250. The summed E-state index contributed by atoms with van der Waals surface area (Å²) in [6.45, 7) is -0.250. The number of aromatic nitrogens is 2. The van der Waals surface area contributed by atoms with E-state index in [-0.39, 0.29) is 12.3 Å². The Kier molecular flexibility index (Phi) is 4.85. The average molecular weight is 334 g/mol. The molecule has 5 heteroatoms. The van der Waals surface area contributed by atoms with Gasteiger partial charge < -0.3 is 5.11 Å². The van der Waals surface area contributed by atoms with Crippen molar-refractivity contribution in [2.45, 2.75) is 0 Å². The summed E-state index contributed by atoms with van der Waals surface area (Å²) in [7, 11) is 0. The Bertz CT molecular complexity index is 980. The van der Waals surface area contributed by atoms with Crippen molar-refractivity contribution in [2.75, 3.05) is 0 Å². The fourth-order valence-electron chi connectivity index (χ4n) is 2.63. The molecule has 0 spiro atoms. The Balaban J connectivity index is 0.000000569. The molecule has 2 aromatic carbocycles. The molecular formula is C20H15FN2O2. The smallest absolute Gasteiger partial charge is 0.290 e. The Hall–Kier alpha value is -3.47. The lowest BCUT2D eigenvalue weighted by Gasteiger charge is -2.05. The third-order valence-corrected chi connectivity index (χ3v) is 3.76. The van der Waals surface area contributed by atoms with Crippen LogP contribution in [0, 0.1) is 5.82 Å². The molecule has 1 N–H and O–H groups in total. The zero-order valence-corrected chi connectivity index (χ0v) is 13.2. The normalized spacial score (nSPS) is 10.1. The maximum Gasteiger partial charge on any atom is 0.290 e. The number of hydrogen-bond donors (Lipinski definition) is 1. The lowest BCUT2D eigenvalue weighted by Crippen LogP contribution is -1.89. The molecule has 2 aromatic heterocycles. The molecule has 2 heterocycles. The summed E-state index contributed by atoms with van der Waals surface area (Å²) in [5.74, 6) is -0.225. The van der Waals surface area contributed by atoms with Gasteiger partial charge in [-0.05, 0) is 35.4 Å². The van der Waals surface area contributed by atoms with Gasteiger partial charge in [0.05, 0.1) is 11.9 Å². The largest absolute Gasteiger partial charge is 0.483 e. The van der Waals surface area contributed by atoms with Gasteiger partial charge in [0.2, 0.25) is 0 Å². The van der Waals surface area contributed by atoms with Gasteiger partial charge >= 0.3 is 0 Å². The van der Waals surface area contributed by atoms with Crippen molar-refractivity contribution in [3.8, 4) is 22.4 Å². The third kappa shape index (κ3) is 3.55. The minimum Gasteiger partial charge on any atom is -0.483 e. The highest BCUT2D eigenvalue weighted by Gasteiger charge is 2.07. The Morgan fingerprint density at radius 2 is 1.60 bits per heavy atom. The summed E-state index contributed by atoms with van der Waals surface area (Å²) in [6, 6.07) is 20.7. The first-order chi connectivity index (χ1) is 12.2. The van der Waals surface area contributed by atoms with Crippen molar-refractivity contribution >= 4 is 12.1 Å². The van der Waals surface area contributed by atoms with Gasteiger partial charge in [-0.3, -0.25) is 9.20 Å². The van der Waals surface area contributed by atoms with Gasteiger partial charge in [-0.15, -0.1) is 0 Å². The lowest BCUT2D eigenvalue weighted by molar-refractivity contribution is -0.122. The summed E-state index contributed by atoms with van der Waals surface area (Å²) in [5.41, 5.74) is 5.07. The molecule has 25 heavy (non-hydrogen) atoms. The van der Waals surface area contributed by atoms with Crippen LogP contribution in [0.4, 0.5) is 4.39 Å². The number of hydrogen-bond acceptors (Lipinski definition) is 2. The number of pyridine rings is 1. The van der Waals surface area contributed by atoms with Crippen molar-refractivity contribution < 1.29 is 14.3 Å². The van der Waals surface area contributed by atoms with Crippen molar-refractivity contribution in [1.82, 2.24) is 9.38 Å². The third-order valence-electron chi connectivity index (χ3n) is 3.76. The second kappa shape index (κ2) is 7.40. The highest BCUT2D eigenvalue weighted by Crippen LogP contribution is 2.25. The summed E-state index contributed by atoms with van der Waals surface area (Å²) in [4.78, 5) is 12.8. The van der Waals surface area contributed by atoms with E-state index < -0.39 is 0 Å². The molecule has 0 saturated carbocycles. The van der Waals surface area contributed by atoms with E-state index in [2.05, 4.69) is 21.5 Å². The number of nitrogens with zero attached hydrogens (tertiary/aromatic N) is 2. The van der Waals surface area contributed by atoms with E-state index in [0.717, 1.165) is 28.0 Å². The Morgan fingerprint density at radius 1 is 0.920 bits per heavy atom. The summed E-state index contributed by atoms with van der Waals surface area (Å²) < 4.78 is 15.1. The van der Waals surface area contributed by atoms with Crippen LogP contribution in [0.1, 0.15) is 0 Å². The first-order valence-electron chi connectivity index (χ1n) is 7.59. The molecule has 0 aliphatic rings. The Labute approximate surface area is 143 Å². The second-order valence-corrected chi connectivity index (χ2v) is 5.27. The van der Waals surface area contributed by atoms with Crippen LogP contribution >= 0.6 is 0 Å². The van der Waals surface area contributed by atoms with Gasteiger partial charge in [0.15, 0.2) is 0 Å². The molecule has 0 fully saturated rings. The van der Waals surface area contributed by atoms with Crippen molar-refractivity contribution in [1.29, 1.82) is 0 Å².